The first-order chi connectivity index (χ1) is 14.8. The van der Waals surface area contributed by atoms with Crippen molar-refractivity contribution in [3.8, 4) is 0 Å². The number of hydrogen-bond acceptors (Lipinski definition) is 10. The van der Waals surface area contributed by atoms with E-state index in [2.05, 4.69) is 14.9 Å². The Kier molecular flexibility index (Phi) is 10.4. The van der Waals surface area contributed by atoms with Crippen LogP contribution in [-0.4, -0.2) is 63.7 Å². The summed E-state index contributed by atoms with van der Waals surface area (Å²) < 4.78 is 36.3. The number of methoxy groups -OCH3 is 1. The van der Waals surface area contributed by atoms with E-state index < -0.39 is 15.1 Å². The molecule has 1 atom stereocenters. The van der Waals surface area contributed by atoms with E-state index in [9.17, 15) is 23.3 Å². The number of amides is 1. The number of unbranched alkanes of at least 4 members (excludes halogenated alkanes) is 1. The molecule has 0 radical (unpaired) electrons. The first-order valence-electron chi connectivity index (χ1n) is 9.88. The van der Waals surface area contributed by atoms with Gasteiger partial charge in [0, 0.05) is 44.8 Å². The zero-order valence-corrected chi connectivity index (χ0v) is 19.9. The number of hydrogen-bond donors (Lipinski definition) is 2. The minimum atomic E-state index is -3.60. The van der Waals surface area contributed by atoms with Gasteiger partial charge in [-0.1, -0.05) is 6.92 Å². The monoisotopic (exact) mass is 496 g/mol. The van der Waals surface area contributed by atoms with E-state index in [4.69, 9.17) is 4.74 Å². The molecule has 1 amide bonds. The van der Waals surface area contributed by atoms with Gasteiger partial charge in [-0.05, 0) is 43.8 Å². The van der Waals surface area contributed by atoms with Crippen molar-refractivity contribution in [2.24, 2.45) is 0 Å². The van der Waals surface area contributed by atoms with Gasteiger partial charge in [0.1, 0.15) is 4.21 Å². The van der Waals surface area contributed by atoms with Gasteiger partial charge in [0.2, 0.25) is 5.91 Å². The minimum Gasteiger partial charge on any atom is -0.385 e. The topological polar surface area (TPSA) is 140 Å². The van der Waals surface area contributed by atoms with Crippen LogP contribution in [0.15, 0.2) is 14.5 Å². The van der Waals surface area contributed by atoms with Gasteiger partial charge in [0.15, 0.2) is 0 Å². The summed E-state index contributed by atoms with van der Waals surface area (Å²) in [7, 11) is -2.01. The molecule has 0 bridgehead atoms. The average Bonchev–Trinajstić information content (AvgIpc) is 3.15. The van der Waals surface area contributed by atoms with Gasteiger partial charge in [-0.15, -0.1) is 21.5 Å². The van der Waals surface area contributed by atoms with Crippen molar-refractivity contribution in [2.75, 3.05) is 40.0 Å². The van der Waals surface area contributed by atoms with Crippen molar-refractivity contribution in [1.82, 2.24) is 14.3 Å². The molecule has 0 spiro atoms. The Hall–Kier alpha value is -1.45. The maximum atomic E-state index is 13.1. The molecule has 0 fully saturated rings. The summed E-state index contributed by atoms with van der Waals surface area (Å²) in [6, 6.07) is 1.70. The summed E-state index contributed by atoms with van der Waals surface area (Å²) in [6.45, 7) is 3.85. The number of carbonyl (C=O) groups is 1. The zero-order valence-electron chi connectivity index (χ0n) is 17.5. The highest BCUT2D eigenvalue weighted by Crippen LogP contribution is 2.41. The number of thiophene rings is 1. The Labute approximate surface area is 190 Å². The quantitative estimate of drug-likeness (QED) is 0.171. The molecule has 0 saturated heterocycles. The Bertz CT molecular complexity index is 847. The molecule has 176 valence electrons. The fourth-order valence-electron chi connectivity index (χ4n) is 3.08. The molecule has 1 aromatic heterocycles. The lowest BCUT2D eigenvalue weighted by molar-refractivity contribution is -0.757. The Balaban J connectivity index is 1.98. The van der Waals surface area contributed by atoms with Crippen molar-refractivity contribution < 1.29 is 27.9 Å². The Morgan fingerprint density at radius 2 is 2.16 bits per heavy atom. The molecule has 2 N–H and O–H groups in total. The molecule has 1 aliphatic rings. The summed E-state index contributed by atoms with van der Waals surface area (Å²) in [4.78, 5) is 26.3. The van der Waals surface area contributed by atoms with Crippen molar-refractivity contribution in [3.05, 3.63) is 21.7 Å². The van der Waals surface area contributed by atoms with E-state index in [1.54, 1.807) is 7.11 Å². The van der Waals surface area contributed by atoms with Crippen LogP contribution < -0.4 is 10.0 Å². The SMILES string of the molecule is CCNC1CN(CCCOC)S(=O)(=O)c2sc(SNC(=O)CCCCO[N+](=O)[O-])cc21. The molecular weight excluding hydrogens is 468 g/mol. The van der Waals surface area contributed by atoms with E-state index in [1.165, 1.54) is 4.31 Å². The van der Waals surface area contributed by atoms with Gasteiger partial charge in [0.25, 0.3) is 15.1 Å². The van der Waals surface area contributed by atoms with Crippen LogP contribution >= 0.6 is 23.3 Å². The summed E-state index contributed by atoms with van der Waals surface area (Å²) in [5, 5.41) is 12.6. The van der Waals surface area contributed by atoms with Crippen LogP contribution in [0.4, 0.5) is 0 Å². The van der Waals surface area contributed by atoms with E-state index in [1.807, 2.05) is 13.0 Å². The normalized spacial score (nSPS) is 17.8. The molecule has 1 unspecified atom stereocenters. The number of nitrogens with zero attached hydrogens (tertiary/aromatic N) is 2. The Morgan fingerprint density at radius 1 is 1.39 bits per heavy atom. The number of nitrogens with one attached hydrogen (secondary N) is 2. The maximum Gasteiger partial charge on any atom is 0.294 e. The highest BCUT2D eigenvalue weighted by Gasteiger charge is 2.38. The van der Waals surface area contributed by atoms with E-state index in [0.717, 1.165) is 28.8 Å². The lowest BCUT2D eigenvalue weighted by Gasteiger charge is -2.32. The highest BCUT2D eigenvalue weighted by atomic mass is 32.3. The second kappa shape index (κ2) is 12.6. The van der Waals surface area contributed by atoms with Gasteiger partial charge in [-0.3, -0.25) is 9.52 Å². The summed E-state index contributed by atoms with van der Waals surface area (Å²) in [5.74, 6) is -0.232. The molecule has 0 saturated carbocycles. The smallest absolute Gasteiger partial charge is 0.294 e. The third-order valence-corrected chi connectivity index (χ3v) is 8.99. The number of rotatable bonds is 14. The fourth-order valence-corrected chi connectivity index (χ4v) is 7.43. The van der Waals surface area contributed by atoms with Gasteiger partial charge in [0.05, 0.1) is 10.8 Å². The molecule has 14 heteroatoms. The maximum absolute atomic E-state index is 13.1. The number of ether oxygens (including phenoxy) is 1. The predicted molar refractivity (Wildman–Crippen MR) is 117 cm³/mol. The van der Waals surface area contributed by atoms with Crippen LogP contribution in [0.1, 0.15) is 44.2 Å². The van der Waals surface area contributed by atoms with Gasteiger partial charge < -0.3 is 14.9 Å². The second-order valence-corrected chi connectivity index (χ2v) is 11.1. The molecule has 0 aliphatic carbocycles. The van der Waals surface area contributed by atoms with Crippen molar-refractivity contribution in [1.29, 1.82) is 0 Å². The lowest BCUT2D eigenvalue weighted by Crippen LogP contribution is -2.43. The Morgan fingerprint density at radius 3 is 2.84 bits per heavy atom. The molecule has 0 aromatic carbocycles. The van der Waals surface area contributed by atoms with Crippen molar-refractivity contribution in [2.45, 2.75) is 47.1 Å². The molecular formula is C17H28N4O7S3. The fraction of sp³-hybridized carbons (Fsp3) is 0.706. The number of fused-ring (bicyclic) bond motifs is 1. The average molecular weight is 497 g/mol. The zero-order chi connectivity index (χ0) is 22.9. The number of carbonyl (C=O) groups excluding carboxylic acids is 1. The summed E-state index contributed by atoms with van der Waals surface area (Å²) >= 11 is 2.23. The molecule has 2 rings (SSSR count). The van der Waals surface area contributed by atoms with Crippen LogP contribution in [-0.2, 0) is 24.4 Å². The van der Waals surface area contributed by atoms with Crippen LogP contribution in [0.5, 0.6) is 0 Å². The largest absolute Gasteiger partial charge is 0.385 e. The van der Waals surface area contributed by atoms with Crippen LogP contribution in [0.25, 0.3) is 0 Å². The predicted octanol–water partition coefficient (Wildman–Crippen LogP) is 1.94. The summed E-state index contributed by atoms with van der Waals surface area (Å²) in [5.41, 5.74) is 0.725. The van der Waals surface area contributed by atoms with Crippen molar-refractivity contribution in [3.63, 3.8) is 0 Å². The molecule has 2 heterocycles. The first kappa shape index (κ1) is 25.8. The van der Waals surface area contributed by atoms with E-state index in [-0.39, 0.29) is 25.0 Å². The standard InChI is InChI=1S/C17H28N4O7S3/c1-3-18-14-12-20(8-6-9-27-2)31(25,26)17-13(14)11-16(29-17)30-19-15(22)7-4-5-10-28-21(23)24/h11,14,18H,3-10,12H2,1-2H3,(H,19,22). The molecule has 11 nitrogen and oxygen atoms in total. The molecule has 31 heavy (non-hydrogen) atoms. The van der Waals surface area contributed by atoms with Crippen LogP contribution in [0.2, 0.25) is 0 Å². The summed E-state index contributed by atoms with van der Waals surface area (Å²) in [6.07, 6.45) is 1.66. The number of sulfonamides is 1. The molecule has 1 aliphatic heterocycles. The van der Waals surface area contributed by atoms with Crippen LogP contribution in [0, 0.1) is 10.1 Å². The third-order valence-electron chi connectivity index (χ3n) is 4.51. The number of likely N-dealkylation sites (N-methyl/N-ethyl adjacent to an activating group) is 1. The highest BCUT2D eigenvalue weighted by molar-refractivity contribution is 8.00. The third kappa shape index (κ3) is 7.57. The second-order valence-electron chi connectivity index (χ2n) is 6.77. The van der Waals surface area contributed by atoms with Gasteiger partial charge in [-0.25, -0.2) is 8.42 Å². The van der Waals surface area contributed by atoms with Crippen molar-refractivity contribution >= 4 is 39.2 Å². The first-order valence-corrected chi connectivity index (χ1v) is 13.0. The van der Waals surface area contributed by atoms with Crippen LogP contribution in [0.3, 0.4) is 0 Å². The minimum absolute atomic E-state index is 0.0460. The molecule has 1 aromatic rings. The van der Waals surface area contributed by atoms with Gasteiger partial charge >= 0.3 is 0 Å². The van der Waals surface area contributed by atoms with E-state index >= 15 is 0 Å². The van der Waals surface area contributed by atoms with E-state index in [0.29, 0.717) is 53.9 Å². The lowest BCUT2D eigenvalue weighted by atomic mass is 10.1. The van der Waals surface area contributed by atoms with Gasteiger partial charge in [-0.2, -0.15) is 4.31 Å².